The summed E-state index contributed by atoms with van der Waals surface area (Å²) in [4.78, 5) is 4.54. The van der Waals surface area contributed by atoms with Gasteiger partial charge in [-0.1, -0.05) is 28.8 Å². The quantitative estimate of drug-likeness (QED) is 0.689. The van der Waals surface area contributed by atoms with Crippen molar-refractivity contribution in [2.45, 2.75) is 0 Å². The summed E-state index contributed by atoms with van der Waals surface area (Å²) in [5.41, 5.74) is 2.80. The van der Waals surface area contributed by atoms with Crippen molar-refractivity contribution in [1.29, 1.82) is 0 Å². The van der Waals surface area contributed by atoms with E-state index in [2.05, 4.69) is 26.7 Å². The Morgan fingerprint density at radius 2 is 1.82 bits per heavy atom. The minimum atomic E-state index is 0.866. The van der Waals surface area contributed by atoms with E-state index in [4.69, 9.17) is 0 Å². The van der Waals surface area contributed by atoms with E-state index in [9.17, 15) is 0 Å². The SMILES string of the molecule is C(=C/c1ccc2ccccc2n1)/c1csnn1. The number of pyridine rings is 1. The van der Waals surface area contributed by atoms with Gasteiger partial charge in [0.15, 0.2) is 0 Å². The summed E-state index contributed by atoms with van der Waals surface area (Å²) in [5.74, 6) is 0. The summed E-state index contributed by atoms with van der Waals surface area (Å²) in [6.07, 6.45) is 3.86. The standard InChI is InChI=1S/C13H9N3S/c1-2-4-13-10(3-1)5-6-11(14-13)7-8-12-9-17-16-15-12/h1-9H/b8-7-. The van der Waals surface area contributed by atoms with Crippen LogP contribution < -0.4 is 0 Å². The molecule has 0 N–H and O–H groups in total. The van der Waals surface area contributed by atoms with Gasteiger partial charge in [0.05, 0.1) is 16.9 Å². The van der Waals surface area contributed by atoms with Crippen molar-refractivity contribution < 1.29 is 0 Å². The Labute approximate surface area is 103 Å². The van der Waals surface area contributed by atoms with Crippen molar-refractivity contribution in [3.8, 4) is 0 Å². The van der Waals surface area contributed by atoms with Gasteiger partial charge in [-0.2, -0.15) is 0 Å². The van der Waals surface area contributed by atoms with E-state index in [1.165, 1.54) is 11.5 Å². The van der Waals surface area contributed by atoms with Crippen LogP contribution in [0.4, 0.5) is 0 Å². The third-order valence-electron chi connectivity index (χ3n) is 2.42. The molecule has 1 aromatic carbocycles. The van der Waals surface area contributed by atoms with Crippen molar-refractivity contribution in [2.24, 2.45) is 0 Å². The molecule has 3 rings (SSSR count). The molecule has 0 aliphatic rings. The minimum Gasteiger partial charge on any atom is -0.248 e. The molecule has 0 atom stereocenters. The third kappa shape index (κ3) is 2.21. The van der Waals surface area contributed by atoms with Crippen LogP contribution in [0.5, 0.6) is 0 Å². The highest BCUT2D eigenvalue weighted by Gasteiger charge is 1.95. The number of rotatable bonds is 2. The lowest BCUT2D eigenvalue weighted by atomic mass is 10.2. The molecule has 0 spiro atoms. The van der Waals surface area contributed by atoms with Gasteiger partial charge in [0.25, 0.3) is 0 Å². The molecule has 0 amide bonds. The van der Waals surface area contributed by atoms with Crippen molar-refractivity contribution in [2.75, 3.05) is 0 Å². The van der Waals surface area contributed by atoms with Gasteiger partial charge in [-0.15, -0.1) is 5.10 Å². The van der Waals surface area contributed by atoms with Crippen LogP contribution in [0, 0.1) is 0 Å². The van der Waals surface area contributed by atoms with Crippen molar-refractivity contribution in [1.82, 2.24) is 14.6 Å². The van der Waals surface area contributed by atoms with E-state index in [1.807, 2.05) is 41.8 Å². The maximum Gasteiger partial charge on any atom is 0.0982 e. The maximum absolute atomic E-state index is 4.54. The van der Waals surface area contributed by atoms with Crippen molar-refractivity contribution >= 4 is 34.6 Å². The highest BCUT2D eigenvalue weighted by atomic mass is 32.1. The molecular weight excluding hydrogens is 230 g/mol. The summed E-state index contributed by atoms with van der Waals surface area (Å²) in [6, 6.07) is 12.1. The number of aromatic nitrogens is 3. The average Bonchev–Trinajstić information content (AvgIpc) is 2.89. The van der Waals surface area contributed by atoms with Crippen LogP contribution in [0.15, 0.2) is 41.8 Å². The monoisotopic (exact) mass is 239 g/mol. The van der Waals surface area contributed by atoms with Crippen LogP contribution in [-0.2, 0) is 0 Å². The second-order valence-corrected chi connectivity index (χ2v) is 4.20. The van der Waals surface area contributed by atoms with Crippen LogP contribution in [0.3, 0.4) is 0 Å². The zero-order valence-corrected chi connectivity index (χ0v) is 9.76. The van der Waals surface area contributed by atoms with Gasteiger partial charge in [0.2, 0.25) is 0 Å². The third-order valence-corrected chi connectivity index (χ3v) is 2.94. The molecule has 0 fully saturated rings. The Hall–Kier alpha value is -2.07. The van der Waals surface area contributed by atoms with E-state index >= 15 is 0 Å². The van der Waals surface area contributed by atoms with E-state index < -0.39 is 0 Å². The normalized spacial score (nSPS) is 11.3. The summed E-state index contributed by atoms with van der Waals surface area (Å²) < 4.78 is 3.80. The maximum atomic E-state index is 4.54. The van der Waals surface area contributed by atoms with Crippen molar-refractivity contribution in [3.63, 3.8) is 0 Å². The summed E-state index contributed by atoms with van der Waals surface area (Å²) >= 11 is 1.34. The second kappa shape index (κ2) is 4.43. The first-order valence-corrected chi connectivity index (χ1v) is 6.06. The predicted molar refractivity (Wildman–Crippen MR) is 70.6 cm³/mol. The first-order chi connectivity index (χ1) is 8.42. The summed E-state index contributed by atoms with van der Waals surface area (Å²) in [5, 5.41) is 7.00. The fourth-order valence-electron chi connectivity index (χ4n) is 1.59. The number of nitrogens with zero attached hydrogens (tertiary/aromatic N) is 3. The summed E-state index contributed by atoms with van der Waals surface area (Å²) in [6.45, 7) is 0. The molecule has 2 aromatic heterocycles. The fourth-order valence-corrected chi connectivity index (χ4v) is 2.01. The van der Waals surface area contributed by atoms with E-state index in [-0.39, 0.29) is 0 Å². The lowest BCUT2D eigenvalue weighted by Gasteiger charge is -1.97. The van der Waals surface area contributed by atoms with Gasteiger partial charge >= 0.3 is 0 Å². The van der Waals surface area contributed by atoms with E-state index in [0.29, 0.717) is 0 Å². The fraction of sp³-hybridized carbons (Fsp3) is 0. The van der Waals surface area contributed by atoms with E-state index in [0.717, 1.165) is 22.3 Å². The van der Waals surface area contributed by atoms with Crippen LogP contribution in [0.1, 0.15) is 11.4 Å². The zero-order chi connectivity index (χ0) is 11.5. The molecule has 0 aliphatic heterocycles. The van der Waals surface area contributed by atoms with Gasteiger partial charge in [0.1, 0.15) is 0 Å². The molecule has 17 heavy (non-hydrogen) atoms. The molecule has 82 valence electrons. The minimum absolute atomic E-state index is 0.866. The number of hydrogen-bond acceptors (Lipinski definition) is 4. The zero-order valence-electron chi connectivity index (χ0n) is 8.95. The molecule has 2 heterocycles. The number of para-hydroxylation sites is 1. The highest BCUT2D eigenvalue weighted by molar-refractivity contribution is 7.03. The number of benzene rings is 1. The average molecular weight is 239 g/mol. The molecule has 0 aliphatic carbocycles. The Bertz CT molecular complexity index is 659. The first-order valence-electron chi connectivity index (χ1n) is 5.23. The van der Waals surface area contributed by atoms with Gasteiger partial charge in [-0.05, 0) is 35.8 Å². The van der Waals surface area contributed by atoms with Gasteiger partial charge < -0.3 is 0 Å². The predicted octanol–water partition coefficient (Wildman–Crippen LogP) is 3.26. The van der Waals surface area contributed by atoms with Crippen LogP contribution in [-0.4, -0.2) is 14.6 Å². The van der Waals surface area contributed by atoms with Crippen LogP contribution in [0.25, 0.3) is 23.1 Å². The van der Waals surface area contributed by atoms with Gasteiger partial charge in [-0.25, -0.2) is 4.98 Å². The molecule has 0 saturated heterocycles. The lowest BCUT2D eigenvalue weighted by Crippen LogP contribution is -1.82. The molecule has 3 nitrogen and oxygen atoms in total. The number of hydrogen-bond donors (Lipinski definition) is 0. The van der Waals surface area contributed by atoms with Crippen LogP contribution >= 0.6 is 11.5 Å². The smallest absolute Gasteiger partial charge is 0.0982 e. The second-order valence-electron chi connectivity index (χ2n) is 3.59. The van der Waals surface area contributed by atoms with Gasteiger partial charge in [0, 0.05) is 10.8 Å². The number of fused-ring (bicyclic) bond motifs is 1. The van der Waals surface area contributed by atoms with Crippen molar-refractivity contribution in [3.05, 3.63) is 53.2 Å². The molecular formula is C13H9N3S. The molecule has 4 heteroatoms. The lowest BCUT2D eigenvalue weighted by molar-refractivity contribution is 1.14. The highest BCUT2D eigenvalue weighted by Crippen LogP contribution is 2.13. The molecule has 3 aromatic rings. The molecule has 0 saturated carbocycles. The van der Waals surface area contributed by atoms with Crippen LogP contribution in [0.2, 0.25) is 0 Å². The molecule has 0 radical (unpaired) electrons. The first kappa shape index (κ1) is 10.1. The van der Waals surface area contributed by atoms with E-state index in [1.54, 1.807) is 0 Å². The Morgan fingerprint density at radius 3 is 2.71 bits per heavy atom. The Morgan fingerprint density at radius 1 is 0.941 bits per heavy atom. The van der Waals surface area contributed by atoms with Gasteiger partial charge in [-0.3, -0.25) is 0 Å². The Balaban J connectivity index is 1.96. The topological polar surface area (TPSA) is 38.7 Å². The molecule has 0 unspecified atom stereocenters. The summed E-state index contributed by atoms with van der Waals surface area (Å²) in [7, 11) is 0. The largest absolute Gasteiger partial charge is 0.248 e. The molecule has 0 bridgehead atoms. The Kier molecular flexibility index (Phi) is 2.63.